The van der Waals surface area contributed by atoms with Crippen molar-refractivity contribution in [3.05, 3.63) is 104 Å². The van der Waals surface area contributed by atoms with E-state index in [1.807, 2.05) is 32.1 Å². The number of ketones is 1. The fourth-order valence-electron chi connectivity index (χ4n) is 2.47. The first kappa shape index (κ1) is 20.1. The fourth-order valence-corrected chi connectivity index (χ4v) is 2.47. The number of carbonyl (C=O) groups excluding carboxylic acids is 1. The maximum atomic E-state index is 12.0. The van der Waals surface area contributed by atoms with E-state index in [2.05, 4.69) is 0 Å². The van der Waals surface area contributed by atoms with Crippen LogP contribution in [0.3, 0.4) is 0 Å². The second-order valence-electron chi connectivity index (χ2n) is 5.29. The smallest absolute Gasteiger partial charge is 0.356 e. The summed E-state index contributed by atoms with van der Waals surface area (Å²) >= 11 is 0. The molecule has 1 heterocycles. The predicted molar refractivity (Wildman–Crippen MR) is 87.7 cm³/mol. The standard InChI is InChI=1S/C14H10NO4.C5H5.Fe/c16-12(9-5-1-2-6-9)14-13(19-14)10-7-3-4-8-11(10)15(17)18;1-2-4-5-3-1;/h1-8,13-14H;1-5H;/q;;+2/t13-,14-;;/m1../s1. The summed E-state index contributed by atoms with van der Waals surface area (Å²) in [5.41, 5.74) is 0.447. The molecule has 0 amide bonds. The molecule has 3 fully saturated rings. The molecule has 1 saturated heterocycles. The quantitative estimate of drug-likeness (QED) is 0.350. The summed E-state index contributed by atoms with van der Waals surface area (Å²) < 4.78 is 5.33. The number of rotatable bonds is 4. The Kier molecular flexibility index (Phi) is 7.60. The normalized spacial score (nSPS) is 24.8. The van der Waals surface area contributed by atoms with Crippen LogP contribution in [0, 0.1) is 73.8 Å². The number of ether oxygens (including phenoxy) is 1. The summed E-state index contributed by atoms with van der Waals surface area (Å²) in [6, 6.07) is 6.34. The van der Waals surface area contributed by atoms with E-state index in [9.17, 15) is 14.9 Å². The van der Waals surface area contributed by atoms with Gasteiger partial charge in [0.1, 0.15) is 12.2 Å². The Labute approximate surface area is 159 Å². The van der Waals surface area contributed by atoms with Gasteiger partial charge in [0.05, 0.1) is 16.4 Å². The molecule has 10 radical (unpaired) electrons. The largest absolute Gasteiger partial charge is 2.00 e. The molecule has 1 aliphatic heterocycles. The number of carbonyl (C=O) groups is 1. The van der Waals surface area contributed by atoms with Gasteiger partial charge in [-0.25, -0.2) is 0 Å². The molecule has 6 heteroatoms. The second-order valence-corrected chi connectivity index (χ2v) is 5.29. The molecule has 2 aliphatic carbocycles. The minimum atomic E-state index is -0.608. The van der Waals surface area contributed by atoms with E-state index in [1.165, 1.54) is 6.07 Å². The zero-order chi connectivity index (χ0) is 16.9. The number of epoxide rings is 1. The average Bonchev–Trinajstić information content (AvgIpc) is 3.03. The Morgan fingerprint density at radius 1 is 0.960 bits per heavy atom. The number of nitro groups is 1. The molecule has 2 saturated carbocycles. The van der Waals surface area contributed by atoms with Crippen molar-refractivity contribution in [3.8, 4) is 0 Å². The van der Waals surface area contributed by atoms with Crippen LogP contribution in [-0.2, 0) is 26.6 Å². The van der Waals surface area contributed by atoms with E-state index in [0.717, 1.165) is 0 Å². The van der Waals surface area contributed by atoms with Crippen molar-refractivity contribution >= 4 is 11.5 Å². The van der Waals surface area contributed by atoms with E-state index >= 15 is 0 Å². The van der Waals surface area contributed by atoms with Crippen molar-refractivity contribution in [1.82, 2.24) is 0 Å². The summed E-state index contributed by atoms with van der Waals surface area (Å²) in [6.45, 7) is 0. The van der Waals surface area contributed by atoms with Gasteiger partial charge in [-0.05, 0) is 63.9 Å². The van der Waals surface area contributed by atoms with Gasteiger partial charge in [0.15, 0.2) is 5.78 Å². The summed E-state index contributed by atoms with van der Waals surface area (Å²) in [5, 5.41) is 10.9. The number of hydrogen-bond acceptors (Lipinski definition) is 4. The molecule has 2 atom stereocenters. The third-order valence-electron chi connectivity index (χ3n) is 3.69. The fraction of sp³-hybridized carbons (Fsp3) is 0.105. The third-order valence-corrected chi connectivity index (χ3v) is 3.69. The average molecular weight is 377 g/mol. The minimum Gasteiger partial charge on any atom is -0.356 e. The first-order valence-corrected chi connectivity index (χ1v) is 7.50. The summed E-state index contributed by atoms with van der Waals surface area (Å²) in [4.78, 5) is 22.5. The van der Waals surface area contributed by atoms with Crippen LogP contribution in [0.2, 0.25) is 0 Å². The minimum absolute atomic E-state index is 0. The van der Waals surface area contributed by atoms with E-state index in [-0.39, 0.29) is 28.5 Å². The Morgan fingerprint density at radius 2 is 1.52 bits per heavy atom. The Hall–Kier alpha value is -1.23. The number of para-hydroxylation sites is 1. The molecule has 3 aliphatic rings. The zero-order valence-electron chi connectivity index (χ0n) is 13.1. The van der Waals surface area contributed by atoms with Crippen molar-refractivity contribution < 1.29 is 31.5 Å². The van der Waals surface area contributed by atoms with Crippen LogP contribution in [0.4, 0.5) is 5.69 Å². The van der Waals surface area contributed by atoms with Gasteiger partial charge in [-0.2, -0.15) is 0 Å². The molecule has 0 bridgehead atoms. The first-order chi connectivity index (χ1) is 11.7. The summed E-state index contributed by atoms with van der Waals surface area (Å²) in [7, 11) is 0. The molecule has 4 rings (SSSR count). The van der Waals surface area contributed by atoms with Gasteiger partial charge in [-0.3, -0.25) is 14.9 Å². The molecule has 0 aromatic heterocycles. The SMILES string of the molecule is O=C([C]1[CH][CH][CH][CH]1)[C@H]1O[C@@H]1c1ccccc1[N+](=O)[O-].[CH]1[CH][CH][CH][CH]1.[Fe+2]. The van der Waals surface area contributed by atoms with Gasteiger partial charge >= 0.3 is 17.1 Å². The summed E-state index contributed by atoms with van der Waals surface area (Å²) in [5.74, 6) is 0.444. The van der Waals surface area contributed by atoms with Crippen LogP contribution in [0.1, 0.15) is 11.7 Å². The number of hydrogen-bond donors (Lipinski definition) is 0. The van der Waals surface area contributed by atoms with E-state index < -0.39 is 17.1 Å². The molecular weight excluding hydrogens is 362 g/mol. The van der Waals surface area contributed by atoms with Crippen molar-refractivity contribution in [3.63, 3.8) is 0 Å². The molecular formula is C19H15FeNO4+2. The Balaban J connectivity index is 0.000000325. The van der Waals surface area contributed by atoms with Crippen LogP contribution in [0.5, 0.6) is 0 Å². The van der Waals surface area contributed by atoms with Crippen molar-refractivity contribution in [2.45, 2.75) is 12.2 Å². The summed E-state index contributed by atoms with van der Waals surface area (Å²) in [6.07, 6.45) is 15.8. The molecule has 1 aromatic rings. The maximum absolute atomic E-state index is 12.0. The van der Waals surface area contributed by atoms with E-state index in [0.29, 0.717) is 11.5 Å². The molecule has 25 heavy (non-hydrogen) atoms. The van der Waals surface area contributed by atoms with Gasteiger partial charge in [-0.15, -0.1) is 0 Å². The van der Waals surface area contributed by atoms with Crippen LogP contribution >= 0.6 is 0 Å². The number of Topliss-reactive ketones (excluding diaryl/α,β-unsaturated/α-hetero) is 1. The van der Waals surface area contributed by atoms with Gasteiger partial charge in [-0.1, -0.05) is 12.1 Å². The molecule has 0 N–H and O–H groups in total. The van der Waals surface area contributed by atoms with Crippen LogP contribution in [0.15, 0.2) is 24.3 Å². The predicted octanol–water partition coefficient (Wildman–Crippen LogP) is 3.03. The van der Waals surface area contributed by atoms with Crippen molar-refractivity contribution in [1.29, 1.82) is 0 Å². The molecule has 0 spiro atoms. The van der Waals surface area contributed by atoms with Gasteiger partial charge < -0.3 is 4.74 Å². The number of benzene rings is 1. The number of nitro benzene ring substituents is 1. The van der Waals surface area contributed by atoms with Crippen LogP contribution in [0.25, 0.3) is 0 Å². The maximum Gasteiger partial charge on any atom is 2.00 e. The Morgan fingerprint density at radius 3 is 2.08 bits per heavy atom. The second kappa shape index (κ2) is 9.46. The van der Waals surface area contributed by atoms with Gasteiger partial charge in [0.25, 0.3) is 5.69 Å². The van der Waals surface area contributed by atoms with Gasteiger partial charge in [0.2, 0.25) is 0 Å². The van der Waals surface area contributed by atoms with Crippen molar-refractivity contribution in [2.24, 2.45) is 0 Å². The molecule has 0 unspecified atom stereocenters. The van der Waals surface area contributed by atoms with E-state index in [4.69, 9.17) is 4.74 Å². The molecule has 5 nitrogen and oxygen atoms in total. The van der Waals surface area contributed by atoms with Gasteiger partial charge in [0, 0.05) is 6.07 Å². The van der Waals surface area contributed by atoms with Crippen LogP contribution < -0.4 is 0 Å². The molecule has 126 valence electrons. The Bertz CT molecular complexity index is 589. The third kappa shape index (κ3) is 5.13. The monoisotopic (exact) mass is 377 g/mol. The number of nitrogens with zero attached hydrogens (tertiary/aromatic N) is 1. The zero-order valence-corrected chi connectivity index (χ0v) is 14.2. The topological polar surface area (TPSA) is 72.7 Å². The first-order valence-electron chi connectivity index (χ1n) is 7.50. The van der Waals surface area contributed by atoms with E-state index in [1.54, 1.807) is 43.9 Å². The van der Waals surface area contributed by atoms with Crippen LogP contribution in [-0.4, -0.2) is 16.8 Å². The van der Waals surface area contributed by atoms with Crippen molar-refractivity contribution in [2.75, 3.05) is 0 Å². The molecule has 1 aromatic carbocycles.